The van der Waals surface area contributed by atoms with Crippen molar-refractivity contribution in [2.24, 2.45) is 22.7 Å². The van der Waals surface area contributed by atoms with Crippen molar-refractivity contribution in [3.63, 3.8) is 0 Å². The predicted molar refractivity (Wildman–Crippen MR) is 77.6 cm³/mol. The molecule has 0 saturated heterocycles. The van der Waals surface area contributed by atoms with Gasteiger partial charge >= 0.3 is 0 Å². The van der Waals surface area contributed by atoms with Gasteiger partial charge in [-0.2, -0.15) is 0 Å². The molecule has 1 atom stereocenters. The van der Waals surface area contributed by atoms with E-state index in [2.05, 4.69) is 19.2 Å². The topological polar surface area (TPSA) is 12.0 Å². The summed E-state index contributed by atoms with van der Waals surface area (Å²) < 4.78 is 0. The van der Waals surface area contributed by atoms with Crippen molar-refractivity contribution in [3.8, 4) is 0 Å². The van der Waals surface area contributed by atoms with Crippen LogP contribution in [0.3, 0.4) is 0 Å². The Labute approximate surface area is 113 Å². The summed E-state index contributed by atoms with van der Waals surface area (Å²) >= 11 is 0. The molecule has 0 radical (unpaired) electrons. The fourth-order valence-electron chi connectivity index (χ4n) is 4.78. The molecule has 0 aliphatic heterocycles. The molecule has 0 aromatic heterocycles. The molecular weight excluding hydrogens is 218 g/mol. The summed E-state index contributed by atoms with van der Waals surface area (Å²) in [7, 11) is 0. The molecule has 18 heavy (non-hydrogen) atoms. The van der Waals surface area contributed by atoms with E-state index in [0.717, 1.165) is 22.7 Å². The SMILES string of the molecule is CC(C)CNCC1CC12CCC1(CCCC1)CC2. The van der Waals surface area contributed by atoms with Crippen LogP contribution in [0.15, 0.2) is 0 Å². The molecule has 3 saturated carbocycles. The maximum atomic E-state index is 3.68. The Kier molecular flexibility index (Phi) is 3.47. The predicted octanol–water partition coefficient (Wildman–Crippen LogP) is 4.37. The van der Waals surface area contributed by atoms with Crippen molar-refractivity contribution in [2.75, 3.05) is 13.1 Å². The first-order valence-corrected chi connectivity index (χ1v) is 8.35. The Morgan fingerprint density at radius 3 is 2.28 bits per heavy atom. The fraction of sp³-hybridized carbons (Fsp3) is 1.00. The van der Waals surface area contributed by atoms with Crippen molar-refractivity contribution in [1.29, 1.82) is 0 Å². The van der Waals surface area contributed by atoms with Gasteiger partial charge in [-0.3, -0.25) is 0 Å². The first-order chi connectivity index (χ1) is 8.64. The molecular formula is C17H31N. The van der Waals surface area contributed by atoms with Gasteiger partial charge in [0, 0.05) is 0 Å². The number of hydrogen-bond donors (Lipinski definition) is 1. The van der Waals surface area contributed by atoms with E-state index in [1.165, 1.54) is 32.4 Å². The first-order valence-electron chi connectivity index (χ1n) is 8.35. The van der Waals surface area contributed by atoms with E-state index in [1.807, 2.05) is 0 Å². The largest absolute Gasteiger partial charge is 0.316 e. The summed E-state index contributed by atoms with van der Waals surface area (Å²) in [6.07, 6.45) is 13.9. The molecule has 1 nitrogen and oxygen atoms in total. The van der Waals surface area contributed by atoms with Crippen LogP contribution in [0.5, 0.6) is 0 Å². The Bertz CT molecular complexity index is 278. The van der Waals surface area contributed by atoms with Crippen LogP contribution in [0.2, 0.25) is 0 Å². The fourth-order valence-corrected chi connectivity index (χ4v) is 4.78. The van der Waals surface area contributed by atoms with Crippen LogP contribution in [0.25, 0.3) is 0 Å². The van der Waals surface area contributed by atoms with Gasteiger partial charge < -0.3 is 5.32 Å². The molecule has 3 aliphatic rings. The maximum Gasteiger partial charge on any atom is -0.00149 e. The van der Waals surface area contributed by atoms with Gasteiger partial charge in [0.25, 0.3) is 0 Å². The first kappa shape index (κ1) is 13.0. The Balaban J connectivity index is 1.43. The van der Waals surface area contributed by atoms with Crippen molar-refractivity contribution in [1.82, 2.24) is 5.32 Å². The van der Waals surface area contributed by atoms with Crippen molar-refractivity contribution in [2.45, 2.75) is 71.6 Å². The smallest absolute Gasteiger partial charge is 0.00149 e. The second kappa shape index (κ2) is 4.81. The van der Waals surface area contributed by atoms with Gasteiger partial charge in [-0.15, -0.1) is 0 Å². The summed E-state index contributed by atoms with van der Waals surface area (Å²) in [5.41, 5.74) is 1.63. The quantitative estimate of drug-likeness (QED) is 0.780. The monoisotopic (exact) mass is 249 g/mol. The third-order valence-corrected chi connectivity index (χ3v) is 6.27. The summed E-state index contributed by atoms with van der Waals surface area (Å²) in [5.74, 6) is 1.82. The van der Waals surface area contributed by atoms with Crippen LogP contribution >= 0.6 is 0 Å². The van der Waals surface area contributed by atoms with E-state index < -0.39 is 0 Å². The molecule has 104 valence electrons. The van der Waals surface area contributed by atoms with Gasteiger partial charge in [0.1, 0.15) is 0 Å². The maximum absolute atomic E-state index is 3.68. The average molecular weight is 249 g/mol. The van der Waals surface area contributed by atoms with Crippen LogP contribution in [-0.4, -0.2) is 13.1 Å². The highest BCUT2D eigenvalue weighted by Crippen LogP contribution is 2.66. The number of hydrogen-bond acceptors (Lipinski definition) is 1. The van der Waals surface area contributed by atoms with Gasteiger partial charge in [-0.25, -0.2) is 0 Å². The third-order valence-electron chi connectivity index (χ3n) is 6.27. The number of nitrogens with one attached hydrogen (secondary N) is 1. The minimum absolute atomic E-state index is 0.799. The van der Waals surface area contributed by atoms with Gasteiger partial charge in [0.2, 0.25) is 0 Å². The van der Waals surface area contributed by atoms with Crippen molar-refractivity contribution in [3.05, 3.63) is 0 Å². The molecule has 1 unspecified atom stereocenters. The molecule has 1 heteroatoms. The molecule has 3 rings (SSSR count). The van der Waals surface area contributed by atoms with E-state index in [0.29, 0.717) is 0 Å². The summed E-state index contributed by atoms with van der Waals surface area (Å²) in [6, 6.07) is 0. The highest BCUT2D eigenvalue weighted by Gasteiger charge is 2.56. The molecule has 0 bridgehead atoms. The summed E-state index contributed by atoms with van der Waals surface area (Å²) in [6.45, 7) is 7.11. The molecule has 3 fully saturated rings. The van der Waals surface area contributed by atoms with Crippen molar-refractivity contribution < 1.29 is 0 Å². The second-order valence-electron chi connectivity index (χ2n) is 8.02. The normalized spacial score (nSPS) is 32.5. The van der Waals surface area contributed by atoms with E-state index in [-0.39, 0.29) is 0 Å². The highest BCUT2D eigenvalue weighted by atomic mass is 14.9. The van der Waals surface area contributed by atoms with E-state index in [4.69, 9.17) is 0 Å². The minimum atomic E-state index is 0.799. The zero-order chi connectivity index (χ0) is 12.6. The summed E-state index contributed by atoms with van der Waals surface area (Å²) in [4.78, 5) is 0. The average Bonchev–Trinajstić information content (AvgIpc) is 2.82. The Morgan fingerprint density at radius 2 is 1.67 bits per heavy atom. The Morgan fingerprint density at radius 1 is 1.00 bits per heavy atom. The lowest BCUT2D eigenvalue weighted by Crippen LogP contribution is -2.29. The van der Waals surface area contributed by atoms with Crippen LogP contribution in [0.1, 0.15) is 71.6 Å². The molecule has 0 aromatic rings. The molecule has 1 N–H and O–H groups in total. The third kappa shape index (κ3) is 2.48. The van der Waals surface area contributed by atoms with E-state index in [1.54, 1.807) is 38.5 Å². The highest BCUT2D eigenvalue weighted by molar-refractivity contribution is 5.07. The van der Waals surface area contributed by atoms with E-state index in [9.17, 15) is 0 Å². The lowest BCUT2D eigenvalue weighted by Gasteiger charge is -2.38. The zero-order valence-corrected chi connectivity index (χ0v) is 12.4. The lowest BCUT2D eigenvalue weighted by molar-refractivity contribution is 0.134. The zero-order valence-electron chi connectivity index (χ0n) is 12.4. The second-order valence-corrected chi connectivity index (χ2v) is 8.02. The molecule has 2 spiro atoms. The molecule has 0 aromatic carbocycles. The van der Waals surface area contributed by atoms with Gasteiger partial charge in [0.05, 0.1) is 0 Å². The van der Waals surface area contributed by atoms with Crippen molar-refractivity contribution >= 4 is 0 Å². The molecule has 0 heterocycles. The lowest BCUT2D eigenvalue weighted by atomic mass is 9.67. The van der Waals surface area contributed by atoms with E-state index >= 15 is 0 Å². The molecule has 3 aliphatic carbocycles. The number of rotatable bonds is 4. The van der Waals surface area contributed by atoms with Crippen LogP contribution in [-0.2, 0) is 0 Å². The van der Waals surface area contributed by atoms with Gasteiger partial charge in [0.15, 0.2) is 0 Å². The standard InChI is InChI=1S/C17H31N/c1-14(2)12-18-13-15-11-17(15)9-7-16(8-10-17)5-3-4-6-16/h14-15,18H,3-13H2,1-2H3. The van der Waals surface area contributed by atoms with Gasteiger partial charge in [-0.1, -0.05) is 26.7 Å². The minimum Gasteiger partial charge on any atom is -0.316 e. The van der Waals surface area contributed by atoms with Crippen LogP contribution in [0.4, 0.5) is 0 Å². The Hall–Kier alpha value is -0.0400. The van der Waals surface area contributed by atoms with Gasteiger partial charge in [-0.05, 0) is 80.7 Å². The van der Waals surface area contributed by atoms with Crippen LogP contribution < -0.4 is 5.32 Å². The van der Waals surface area contributed by atoms with Crippen LogP contribution in [0, 0.1) is 22.7 Å². The molecule has 0 amide bonds. The summed E-state index contributed by atoms with van der Waals surface area (Å²) in [5, 5.41) is 3.68.